The van der Waals surface area contributed by atoms with Crippen LogP contribution in [0.2, 0.25) is 0 Å². The molecule has 0 unspecified atom stereocenters. The molecule has 1 saturated carbocycles. The zero-order valence-electron chi connectivity index (χ0n) is 11.5. The number of rotatable bonds is 6. The van der Waals surface area contributed by atoms with E-state index in [1.807, 2.05) is 11.8 Å². The number of nitrogens with zero attached hydrogens (tertiary/aromatic N) is 1. The lowest BCUT2D eigenvalue weighted by Crippen LogP contribution is -2.29. The highest BCUT2D eigenvalue weighted by Gasteiger charge is 2.36. The van der Waals surface area contributed by atoms with Crippen molar-refractivity contribution in [3.8, 4) is 0 Å². The third-order valence-corrected chi connectivity index (χ3v) is 3.84. The smallest absolute Gasteiger partial charge is 0.371 e. The lowest BCUT2D eigenvalue weighted by atomic mass is 10.1. The molecule has 0 aromatic heterocycles. The van der Waals surface area contributed by atoms with Gasteiger partial charge in [-0.1, -0.05) is 13.0 Å². The van der Waals surface area contributed by atoms with Gasteiger partial charge in [-0.3, -0.25) is 0 Å². The molecule has 2 rings (SSSR count). The first-order valence-corrected chi connectivity index (χ1v) is 7.50. The third-order valence-electron chi connectivity index (χ3n) is 3.53. The number of hydrogen-bond donors (Lipinski definition) is 0. The second-order valence-corrected chi connectivity index (χ2v) is 5.64. The number of benzene rings is 1. The van der Waals surface area contributed by atoms with Gasteiger partial charge in [0, 0.05) is 24.7 Å². The zero-order valence-corrected chi connectivity index (χ0v) is 12.3. The first-order valence-electron chi connectivity index (χ1n) is 6.96. The topological polar surface area (TPSA) is 3.24 Å². The van der Waals surface area contributed by atoms with Gasteiger partial charge < -0.3 is 4.90 Å². The summed E-state index contributed by atoms with van der Waals surface area (Å²) in [6.07, 6.45) is -1.25. The summed E-state index contributed by atoms with van der Waals surface area (Å²) in [6.45, 7) is 3.36. The van der Waals surface area contributed by atoms with Crippen molar-refractivity contribution in [1.82, 2.24) is 0 Å². The van der Waals surface area contributed by atoms with Gasteiger partial charge in [-0.25, -0.2) is 0 Å². The maximum atomic E-state index is 13.2. The zero-order chi connectivity index (χ0) is 14.8. The fraction of sp³-hybridized carbons (Fsp3) is 0.600. The number of alkyl halides is 4. The molecule has 0 N–H and O–H groups in total. The molecule has 0 amide bonds. The second-order valence-electron chi connectivity index (χ2n) is 5.37. The second kappa shape index (κ2) is 6.25. The molecule has 1 aromatic carbocycles. The molecule has 0 atom stereocenters. The Morgan fingerprint density at radius 1 is 1.30 bits per heavy atom. The van der Waals surface area contributed by atoms with E-state index in [0.29, 0.717) is 23.7 Å². The van der Waals surface area contributed by atoms with Crippen LogP contribution >= 0.6 is 11.6 Å². The molecule has 112 valence electrons. The van der Waals surface area contributed by atoms with Crippen LogP contribution in [0.1, 0.15) is 37.3 Å². The molecule has 20 heavy (non-hydrogen) atoms. The summed E-state index contributed by atoms with van der Waals surface area (Å²) >= 11 is 5.66. The molecule has 1 fully saturated rings. The Balaban J connectivity index is 2.35. The molecule has 0 aliphatic heterocycles. The Bertz CT molecular complexity index is 455. The van der Waals surface area contributed by atoms with Crippen LogP contribution in [0.15, 0.2) is 18.2 Å². The average molecular weight is 306 g/mol. The maximum Gasteiger partial charge on any atom is 0.418 e. The minimum absolute atomic E-state index is 0.0970. The lowest BCUT2D eigenvalue weighted by molar-refractivity contribution is -0.137. The molecule has 0 heterocycles. The molecular weight excluding hydrogens is 287 g/mol. The average Bonchev–Trinajstić information content (AvgIpc) is 3.20. The van der Waals surface area contributed by atoms with Gasteiger partial charge in [-0.2, -0.15) is 13.2 Å². The molecule has 1 aromatic rings. The van der Waals surface area contributed by atoms with Crippen LogP contribution < -0.4 is 4.90 Å². The molecule has 1 aliphatic rings. The normalized spacial score (nSPS) is 15.4. The van der Waals surface area contributed by atoms with Gasteiger partial charge in [0.1, 0.15) is 0 Å². The van der Waals surface area contributed by atoms with E-state index in [-0.39, 0.29) is 5.88 Å². The standard InChI is InChI=1S/C15H19ClF3N/c1-2-7-20(10-11-3-4-11)14-6-5-12(9-16)8-13(14)15(17,18)19/h5-6,8,11H,2-4,7,9-10H2,1H3. The van der Waals surface area contributed by atoms with Gasteiger partial charge in [0.15, 0.2) is 0 Å². The molecule has 5 heteroatoms. The highest BCUT2D eigenvalue weighted by atomic mass is 35.5. The van der Waals surface area contributed by atoms with Gasteiger partial charge in [-0.05, 0) is 42.9 Å². The first-order chi connectivity index (χ1) is 9.45. The summed E-state index contributed by atoms with van der Waals surface area (Å²) in [5, 5.41) is 0. The summed E-state index contributed by atoms with van der Waals surface area (Å²) < 4.78 is 39.7. The van der Waals surface area contributed by atoms with Crippen LogP contribution in [0, 0.1) is 5.92 Å². The predicted molar refractivity (Wildman–Crippen MR) is 76.2 cm³/mol. The van der Waals surface area contributed by atoms with Crippen LogP contribution in [-0.4, -0.2) is 13.1 Å². The van der Waals surface area contributed by atoms with Crippen LogP contribution in [0.25, 0.3) is 0 Å². The Kier molecular flexibility index (Phi) is 4.84. The van der Waals surface area contributed by atoms with E-state index in [4.69, 9.17) is 11.6 Å². The molecule has 0 spiro atoms. The van der Waals surface area contributed by atoms with Gasteiger partial charge in [0.25, 0.3) is 0 Å². The van der Waals surface area contributed by atoms with Crippen LogP contribution in [0.3, 0.4) is 0 Å². The van der Waals surface area contributed by atoms with Crippen molar-refractivity contribution >= 4 is 17.3 Å². The monoisotopic (exact) mass is 305 g/mol. The van der Waals surface area contributed by atoms with Gasteiger partial charge >= 0.3 is 6.18 Å². The van der Waals surface area contributed by atoms with Crippen molar-refractivity contribution in [2.75, 3.05) is 18.0 Å². The van der Waals surface area contributed by atoms with Gasteiger partial charge in [0.05, 0.1) is 5.56 Å². The third kappa shape index (κ3) is 3.81. The van der Waals surface area contributed by atoms with E-state index in [0.717, 1.165) is 25.8 Å². The largest absolute Gasteiger partial charge is 0.418 e. The highest BCUT2D eigenvalue weighted by molar-refractivity contribution is 6.17. The minimum atomic E-state index is -4.34. The predicted octanol–water partition coefficient (Wildman–Crippen LogP) is 5.07. The van der Waals surface area contributed by atoms with E-state index in [1.165, 1.54) is 6.07 Å². The van der Waals surface area contributed by atoms with Crippen molar-refractivity contribution in [3.05, 3.63) is 29.3 Å². The summed E-state index contributed by atoms with van der Waals surface area (Å²) in [6, 6.07) is 4.43. The molecule has 1 nitrogen and oxygen atoms in total. The lowest BCUT2D eigenvalue weighted by Gasteiger charge is -2.28. The van der Waals surface area contributed by atoms with Crippen molar-refractivity contribution < 1.29 is 13.2 Å². The molecule has 0 saturated heterocycles. The van der Waals surface area contributed by atoms with E-state index in [2.05, 4.69) is 0 Å². The van der Waals surface area contributed by atoms with E-state index in [9.17, 15) is 13.2 Å². The maximum absolute atomic E-state index is 13.2. The van der Waals surface area contributed by atoms with Crippen LogP contribution in [0.4, 0.5) is 18.9 Å². The quantitative estimate of drug-likeness (QED) is 0.663. The van der Waals surface area contributed by atoms with E-state index >= 15 is 0 Å². The summed E-state index contributed by atoms with van der Waals surface area (Å²) in [5.74, 6) is 0.648. The molecule has 1 aliphatic carbocycles. The number of anilines is 1. The van der Waals surface area contributed by atoms with Crippen molar-refractivity contribution in [2.24, 2.45) is 5.92 Å². The SMILES string of the molecule is CCCN(CC1CC1)c1ccc(CCl)cc1C(F)(F)F. The minimum Gasteiger partial charge on any atom is -0.371 e. The van der Waals surface area contributed by atoms with Gasteiger partial charge in [-0.15, -0.1) is 11.6 Å². The van der Waals surface area contributed by atoms with Crippen LogP contribution in [-0.2, 0) is 12.1 Å². The van der Waals surface area contributed by atoms with Gasteiger partial charge in [0.2, 0.25) is 0 Å². The highest BCUT2D eigenvalue weighted by Crippen LogP contribution is 2.39. The van der Waals surface area contributed by atoms with Crippen molar-refractivity contribution in [1.29, 1.82) is 0 Å². The summed E-state index contributed by atoms with van der Waals surface area (Å²) in [5.41, 5.74) is 0.232. The molecule has 0 radical (unpaired) electrons. The van der Waals surface area contributed by atoms with E-state index in [1.54, 1.807) is 12.1 Å². The van der Waals surface area contributed by atoms with E-state index < -0.39 is 11.7 Å². The Labute approximate surface area is 122 Å². The Hall–Kier alpha value is -0.900. The molecule has 0 bridgehead atoms. The Morgan fingerprint density at radius 3 is 2.50 bits per heavy atom. The van der Waals surface area contributed by atoms with Crippen molar-refractivity contribution in [3.63, 3.8) is 0 Å². The van der Waals surface area contributed by atoms with Crippen LogP contribution in [0.5, 0.6) is 0 Å². The summed E-state index contributed by atoms with van der Waals surface area (Å²) in [7, 11) is 0. The van der Waals surface area contributed by atoms with Crippen molar-refractivity contribution in [2.45, 2.75) is 38.2 Å². The fourth-order valence-corrected chi connectivity index (χ4v) is 2.53. The number of hydrogen-bond acceptors (Lipinski definition) is 1. The summed E-state index contributed by atoms with van der Waals surface area (Å²) in [4.78, 5) is 1.87. The Morgan fingerprint density at radius 2 is 2.00 bits per heavy atom. The molecular formula is C15H19ClF3N. The first kappa shape index (κ1) is 15.5. The number of halogens is 4. The fourth-order valence-electron chi connectivity index (χ4n) is 2.36.